The molecule has 0 aromatic rings. The summed E-state index contributed by atoms with van der Waals surface area (Å²) in [5.74, 6) is 0. The van der Waals surface area contributed by atoms with Crippen molar-refractivity contribution in [2.45, 2.75) is 39.4 Å². The smallest absolute Gasteiger partial charge is 0.413 e. The number of amides is 1. The quantitative estimate of drug-likeness (QED) is 0.586. The van der Waals surface area contributed by atoms with Crippen molar-refractivity contribution in [2.24, 2.45) is 0 Å². The molecule has 1 rings (SSSR count). The van der Waals surface area contributed by atoms with Crippen LogP contribution in [-0.4, -0.2) is 61.1 Å². The normalized spacial score (nSPS) is 23.1. The zero-order valence-electron chi connectivity index (χ0n) is 12.5. The molecule has 1 amide bonds. The molecular weight excluding hydrogens is 278 g/mol. The van der Waals surface area contributed by atoms with Crippen LogP contribution in [0.1, 0.15) is 27.2 Å². The van der Waals surface area contributed by atoms with Gasteiger partial charge in [-0.15, -0.1) is 0 Å². The second kappa shape index (κ2) is 9.10. The number of carbonyl (C=O) groups excluding carboxylic acids is 1. The van der Waals surface area contributed by atoms with E-state index in [0.29, 0.717) is 23.9 Å². The molecule has 0 radical (unpaired) electrons. The van der Waals surface area contributed by atoms with Crippen molar-refractivity contribution in [1.82, 2.24) is 15.5 Å². The number of carbonyl (C=O) groups is 1. The zero-order chi connectivity index (χ0) is 15.0. The van der Waals surface area contributed by atoms with Gasteiger partial charge in [-0.05, 0) is 39.4 Å². The number of morpholine rings is 1. The predicted octanol–water partition coefficient (Wildman–Crippen LogP) is 1.11. The Morgan fingerprint density at radius 2 is 2.05 bits per heavy atom. The first-order valence-electron chi connectivity index (χ1n) is 7.10. The van der Waals surface area contributed by atoms with Gasteiger partial charge in [0.1, 0.15) is 0 Å². The Hall–Kier alpha value is -0.920. The Morgan fingerprint density at radius 1 is 1.40 bits per heavy atom. The molecule has 2 unspecified atom stereocenters. The second-order valence-corrected chi connectivity index (χ2v) is 5.38. The molecule has 1 aliphatic rings. The third-order valence-corrected chi connectivity index (χ3v) is 3.17. The molecule has 0 saturated carbocycles. The van der Waals surface area contributed by atoms with Crippen LogP contribution in [0.2, 0.25) is 0 Å². The predicted molar refractivity (Wildman–Crippen MR) is 81.8 cm³/mol. The van der Waals surface area contributed by atoms with E-state index in [1.165, 1.54) is 0 Å². The molecular formula is C13H25N3O3S. The third-order valence-electron chi connectivity index (χ3n) is 2.92. The maximum absolute atomic E-state index is 11.1. The first-order valence-corrected chi connectivity index (χ1v) is 7.51. The number of thiocarbonyl (C=S) groups is 1. The largest absolute Gasteiger partial charge is 0.450 e. The van der Waals surface area contributed by atoms with E-state index in [2.05, 4.69) is 29.4 Å². The highest BCUT2D eigenvalue weighted by Gasteiger charge is 2.21. The van der Waals surface area contributed by atoms with Crippen LogP contribution in [0.15, 0.2) is 0 Å². The fourth-order valence-corrected chi connectivity index (χ4v) is 2.46. The molecule has 0 aromatic carbocycles. The molecule has 1 heterocycles. The highest BCUT2D eigenvalue weighted by Crippen LogP contribution is 2.10. The fourth-order valence-electron chi connectivity index (χ4n) is 2.28. The molecule has 20 heavy (non-hydrogen) atoms. The van der Waals surface area contributed by atoms with Crippen LogP contribution in [0.3, 0.4) is 0 Å². The maximum Gasteiger partial charge on any atom is 0.413 e. The lowest BCUT2D eigenvalue weighted by Crippen LogP contribution is -2.46. The summed E-state index contributed by atoms with van der Waals surface area (Å²) >= 11 is 5.00. The average molecular weight is 303 g/mol. The molecule has 2 atom stereocenters. The molecule has 0 aromatic heterocycles. The van der Waals surface area contributed by atoms with Gasteiger partial charge in [0.05, 0.1) is 18.8 Å². The molecule has 1 aliphatic heterocycles. The molecule has 116 valence electrons. The summed E-state index contributed by atoms with van der Waals surface area (Å²) < 4.78 is 10.4. The van der Waals surface area contributed by atoms with Crippen LogP contribution >= 0.6 is 12.2 Å². The van der Waals surface area contributed by atoms with E-state index in [0.717, 1.165) is 32.6 Å². The number of hydrogen-bond acceptors (Lipinski definition) is 5. The lowest BCUT2D eigenvalue weighted by molar-refractivity contribution is -0.0679. The van der Waals surface area contributed by atoms with Crippen LogP contribution in [0.5, 0.6) is 0 Å². The molecule has 0 bridgehead atoms. The molecule has 1 saturated heterocycles. The van der Waals surface area contributed by atoms with Gasteiger partial charge in [-0.2, -0.15) is 0 Å². The van der Waals surface area contributed by atoms with E-state index in [9.17, 15) is 4.79 Å². The second-order valence-electron chi connectivity index (χ2n) is 4.97. The minimum absolute atomic E-state index is 0.290. The van der Waals surface area contributed by atoms with Crippen molar-refractivity contribution in [3.63, 3.8) is 0 Å². The van der Waals surface area contributed by atoms with Crippen molar-refractivity contribution >= 4 is 23.4 Å². The Bertz CT molecular complexity index is 318. The Kier molecular flexibility index (Phi) is 7.79. The summed E-state index contributed by atoms with van der Waals surface area (Å²) in [6.07, 6.45) is 1.03. The van der Waals surface area contributed by atoms with E-state index in [1.807, 2.05) is 0 Å². The van der Waals surface area contributed by atoms with E-state index in [-0.39, 0.29) is 0 Å². The summed E-state index contributed by atoms with van der Waals surface area (Å²) in [6.45, 7) is 9.94. The van der Waals surface area contributed by atoms with E-state index in [1.54, 1.807) is 6.92 Å². The monoisotopic (exact) mass is 303 g/mol. The minimum atomic E-state index is -0.513. The van der Waals surface area contributed by atoms with Crippen molar-refractivity contribution < 1.29 is 14.3 Å². The number of nitrogens with one attached hydrogen (secondary N) is 2. The fraction of sp³-hybridized carbons (Fsp3) is 0.846. The number of rotatable bonds is 5. The van der Waals surface area contributed by atoms with Gasteiger partial charge in [0, 0.05) is 26.2 Å². The molecule has 0 aliphatic carbocycles. The first-order chi connectivity index (χ1) is 9.51. The molecule has 7 heteroatoms. The summed E-state index contributed by atoms with van der Waals surface area (Å²) in [6, 6.07) is 0. The van der Waals surface area contributed by atoms with Crippen LogP contribution in [0.4, 0.5) is 4.79 Å². The number of hydrogen-bond donors (Lipinski definition) is 2. The van der Waals surface area contributed by atoms with E-state index in [4.69, 9.17) is 21.7 Å². The van der Waals surface area contributed by atoms with Gasteiger partial charge in [-0.25, -0.2) is 4.79 Å². The maximum atomic E-state index is 11.1. The number of ether oxygens (including phenoxy) is 2. The Balaban J connectivity index is 2.09. The number of alkyl carbamates (subject to hydrolysis) is 1. The van der Waals surface area contributed by atoms with Crippen LogP contribution in [-0.2, 0) is 9.47 Å². The Morgan fingerprint density at radius 3 is 2.65 bits per heavy atom. The Labute approximate surface area is 126 Å². The molecule has 2 N–H and O–H groups in total. The van der Waals surface area contributed by atoms with Crippen LogP contribution in [0, 0.1) is 0 Å². The lowest BCUT2D eigenvalue weighted by atomic mass is 10.2. The van der Waals surface area contributed by atoms with Gasteiger partial charge in [0.2, 0.25) is 0 Å². The molecule has 1 fully saturated rings. The first kappa shape index (κ1) is 17.1. The zero-order valence-corrected chi connectivity index (χ0v) is 13.3. The van der Waals surface area contributed by atoms with Crippen molar-refractivity contribution in [3.05, 3.63) is 0 Å². The summed E-state index contributed by atoms with van der Waals surface area (Å²) in [5, 5.41) is 5.77. The SMILES string of the molecule is CCOC(=O)NC(=S)NCCCN1CC(C)OC(C)C1. The minimum Gasteiger partial charge on any atom is -0.450 e. The van der Waals surface area contributed by atoms with Crippen LogP contribution < -0.4 is 10.6 Å². The van der Waals surface area contributed by atoms with Crippen molar-refractivity contribution in [2.75, 3.05) is 32.8 Å². The van der Waals surface area contributed by atoms with Gasteiger partial charge in [-0.1, -0.05) is 0 Å². The van der Waals surface area contributed by atoms with Crippen LogP contribution in [0.25, 0.3) is 0 Å². The average Bonchev–Trinajstić information content (AvgIpc) is 2.33. The standard InChI is InChI=1S/C13H25N3O3S/c1-4-18-13(17)15-12(20)14-6-5-7-16-8-10(2)19-11(3)9-16/h10-11H,4-9H2,1-3H3,(H2,14,15,17,20). The lowest BCUT2D eigenvalue weighted by Gasteiger charge is -2.35. The summed E-state index contributed by atoms with van der Waals surface area (Å²) in [4.78, 5) is 13.5. The van der Waals surface area contributed by atoms with Gasteiger partial charge < -0.3 is 14.8 Å². The number of nitrogens with zero attached hydrogens (tertiary/aromatic N) is 1. The van der Waals surface area contributed by atoms with Gasteiger partial charge >= 0.3 is 6.09 Å². The molecule has 0 spiro atoms. The van der Waals surface area contributed by atoms with Crippen molar-refractivity contribution in [3.8, 4) is 0 Å². The summed E-state index contributed by atoms with van der Waals surface area (Å²) in [5.41, 5.74) is 0. The highest BCUT2D eigenvalue weighted by atomic mass is 32.1. The summed E-state index contributed by atoms with van der Waals surface area (Å²) in [7, 11) is 0. The van der Waals surface area contributed by atoms with Gasteiger partial charge in [-0.3, -0.25) is 10.2 Å². The topological polar surface area (TPSA) is 62.8 Å². The van der Waals surface area contributed by atoms with E-state index < -0.39 is 6.09 Å². The van der Waals surface area contributed by atoms with E-state index >= 15 is 0 Å². The van der Waals surface area contributed by atoms with Gasteiger partial charge in [0.15, 0.2) is 5.11 Å². The van der Waals surface area contributed by atoms with Gasteiger partial charge in [0.25, 0.3) is 0 Å². The highest BCUT2D eigenvalue weighted by molar-refractivity contribution is 7.80. The van der Waals surface area contributed by atoms with Crippen molar-refractivity contribution in [1.29, 1.82) is 0 Å². The molecule has 6 nitrogen and oxygen atoms in total. The third kappa shape index (κ3) is 7.02.